The van der Waals surface area contributed by atoms with E-state index in [0.717, 1.165) is 24.6 Å². The van der Waals surface area contributed by atoms with Crippen molar-refractivity contribution in [1.29, 1.82) is 0 Å². The van der Waals surface area contributed by atoms with Crippen LogP contribution in [0.3, 0.4) is 0 Å². The first-order valence-electron chi connectivity index (χ1n) is 10.3. The van der Waals surface area contributed by atoms with Gasteiger partial charge in [0.05, 0.1) is 26.2 Å². The first-order valence-corrected chi connectivity index (χ1v) is 11.5. The van der Waals surface area contributed by atoms with E-state index in [2.05, 4.69) is 15.7 Å². The predicted octanol–water partition coefficient (Wildman–Crippen LogP) is 6.91. The molecule has 1 amide bonds. The van der Waals surface area contributed by atoms with Gasteiger partial charge in [-0.25, -0.2) is 4.39 Å². The summed E-state index contributed by atoms with van der Waals surface area (Å²) in [6.07, 6.45) is -9.39. The summed E-state index contributed by atoms with van der Waals surface area (Å²) in [5, 5.41) is 1.90. The number of aliphatic imine (C=N–C) groups is 1. The number of halogens is 10. The minimum absolute atomic E-state index is 0.0829. The summed E-state index contributed by atoms with van der Waals surface area (Å²) in [5.41, 5.74) is 0.508. The molecule has 0 saturated heterocycles. The first-order chi connectivity index (χ1) is 17.2. The number of nitrogens with zero attached hydrogens (tertiary/aromatic N) is 1. The Bertz CT molecular complexity index is 1220. The number of hydrazine groups is 1. The molecule has 200 valence electrons. The molecule has 1 aliphatic rings. The van der Waals surface area contributed by atoms with E-state index in [9.17, 15) is 35.5 Å². The van der Waals surface area contributed by atoms with Gasteiger partial charge < -0.3 is 5.32 Å². The quantitative estimate of drug-likeness (QED) is 0.206. The Morgan fingerprint density at radius 2 is 1.70 bits per heavy atom. The average molecular weight is 592 g/mol. The van der Waals surface area contributed by atoms with Crippen molar-refractivity contribution in [3.05, 3.63) is 73.7 Å². The molecule has 0 aliphatic carbocycles. The third-order valence-electron chi connectivity index (χ3n) is 5.07. The molecule has 3 rings (SSSR count). The van der Waals surface area contributed by atoms with Gasteiger partial charge in [0.15, 0.2) is 0 Å². The van der Waals surface area contributed by atoms with Gasteiger partial charge in [-0.3, -0.25) is 20.6 Å². The van der Waals surface area contributed by atoms with Gasteiger partial charge in [-0.2, -0.15) is 26.3 Å². The molecular formula is C22H16Cl3F7N4O. The number of allylic oxidation sites excluding steroid dienone is 1. The van der Waals surface area contributed by atoms with E-state index in [1.54, 1.807) is 0 Å². The molecule has 0 aromatic heterocycles. The Balaban J connectivity index is 1.97. The van der Waals surface area contributed by atoms with E-state index in [1.165, 1.54) is 0 Å². The number of alkyl halides is 6. The van der Waals surface area contributed by atoms with Crippen LogP contribution in [-0.2, 0) is 6.18 Å². The Morgan fingerprint density at radius 3 is 2.24 bits per heavy atom. The molecule has 1 heterocycles. The van der Waals surface area contributed by atoms with Crippen LogP contribution in [-0.4, -0.2) is 31.1 Å². The predicted molar refractivity (Wildman–Crippen MR) is 126 cm³/mol. The Kier molecular flexibility index (Phi) is 8.86. The van der Waals surface area contributed by atoms with E-state index >= 15 is 0 Å². The van der Waals surface area contributed by atoms with E-state index in [4.69, 9.17) is 34.8 Å². The molecule has 15 heteroatoms. The lowest BCUT2D eigenvalue weighted by atomic mass is 9.95. The van der Waals surface area contributed by atoms with Crippen LogP contribution in [0.4, 0.5) is 30.7 Å². The zero-order chi connectivity index (χ0) is 27.5. The number of benzene rings is 2. The highest BCUT2D eigenvalue weighted by molar-refractivity contribution is 6.48. The molecule has 0 spiro atoms. The highest BCUT2D eigenvalue weighted by Crippen LogP contribution is 2.42. The fraction of sp³-hybridized carbons (Fsp3) is 0.273. The van der Waals surface area contributed by atoms with Gasteiger partial charge in [-0.05, 0) is 42.3 Å². The fourth-order valence-corrected chi connectivity index (χ4v) is 3.91. The maximum Gasteiger partial charge on any atom is 0.417 e. The van der Waals surface area contributed by atoms with E-state index < -0.39 is 52.3 Å². The number of rotatable bonds is 4. The molecule has 0 fully saturated rings. The number of hydrogen-bond acceptors (Lipinski definition) is 4. The molecule has 1 unspecified atom stereocenters. The molecule has 2 aromatic rings. The normalized spacial score (nSPS) is 15.5. The van der Waals surface area contributed by atoms with E-state index in [-0.39, 0.29) is 33.2 Å². The average Bonchev–Trinajstić information content (AvgIpc) is 2.83. The van der Waals surface area contributed by atoms with Gasteiger partial charge in [0.1, 0.15) is 11.7 Å². The molecule has 0 saturated carbocycles. The lowest BCUT2D eigenvalue weighted by molar-refractivity contribution is -0.140. The second-order valence-corrected chi connectivity index (χ2v) is 8.87. The molecule has 5 nitrogen and oxygen atoms in total. The molecule has 1 atom stereocenters. The second kappa shape index (κ2) is 11.4. The van der Waals surface area contributed by atoms with Crippen LogP contribution in [0, 0.1) is 0 Å². The second-order valence-electron chi connectivity index (χ2n) is 7.68. The van der Waals surface area contributed by atoms with Crippen molar-refractivity contribution in [1.82, 2.24) is 16.2 Å². The van der Waals surface area contributed by atoms with Crippen molar-refractivity contribution in [2.24, 2.45) is 4.99 Å². The molecule has 3 N–H and O–H groups in total. The SMILES string of the molecule is O=C(NNC1=NCCCN1)c1ccc(/C(F)=C/C(c2cc(Cl)c(Cl)c(Cl)c2)C(F)(F)F)cc1C(F)(F)F. The molecule has 2 aromatic carbocycles. The zero-order valence-electron chi connectivity index (χ0n) is 18.3. The van der Waals surface area contributed by atoms with Crippen molar-refractivity contribution >= 4 is 52.5 Å². The fourth-order valence-electron chi connectivity index (χ4n) is 3.30. The van der Waals surface area contributed by atoms with Crippen LogP contribution >= 0.6 is 34.8 Å². The summed E-state index contributed by atoms with van der Waals surface area (Å²) in [4.78, 5) is 16.3. The van der Waals surface area contributed by atoms with Gasteiger partial charge in [0.25, 0.3) is 5.91 Å². The van der Waals surface area contributed by atoms with Gasteiger partial charge >= 0.3 is 12.4 Å². The number of hydrogen-bond donors (Lipinski definition) is 3. The third-order valence-corrected chi connectivity index (χ3v) is 6.26. The van der Waals surface area contributed by atoms with Crippen molar-refractivity contribution in [3.8, 4) is 0 Å². The topological polar surface area (TPSA) is 65.5 Å². The molecule has 0 bridgehead atoms. The van der Waals surface area contributed by atoms with Crippen molar-refractivity contribution in [3.63, 3.8) is 0 Å². The first kappa shape index (κ1) is 28.9. The van der Waals surface area contributed by atoms with Crippen LogP contribution in [0.1, 0.15) is 39.4 Å². The minimum atomic E-state index is -5.13. The Morgan fingerprint density at radius 1 is 1.05 bits per heavy atom. The smallest absolute Gasteiger partial charge is 0.355 e. The number of carbonyl (C=O) groups excluding carboxylic acids is 1. The maximum absolute atomic E-state index is 14.9. The van der Waals surface area contributed by atoms with Crippen molar-refractivity contribution in [2.75, 3.05) is 13.1 Å². The number of nitrogens with one attached hydrogen (secondary N) is 3. The Hall–Kier alpha value is -2.70. The van der Waals surface area contributed by atoms with Crippen molar-refractivity contribution in [2.45, 2.75) is 24.7 Å². The highest BCUT2D eigenvalue weighted by Gasteiger charge is 2.41. The van der Waals surface area contributed by atoms with Crippen LogP contribution in [0.25, 0.3) is 5.83 Å². The van der Waals surface area contributed by atoms with Gasteiger partial charge in [-0.1, -0.05) is 40.9 Å². The van der Waals surface area contributed by atoms with Crippen LogP contribution in [0.2, 0.25) is 15.1 Å². The number of amides is 1. The standard InChI is InChI=1S/C22H16Cl3F7N4O/c23-15-7-11(8-16(24)18(15)25)13(21(27,28)29)9-17(26)10-2-3-12(14(6-10)22(30,31)32)19(37)35-36-20-33-4-1-5-34-20/h2-3,6-9,13H,1,4-5H2,(H,35,37)(H2,33,34,36)/b17-9-. The van der Waals surface area contributed by atoms with E-state index in [1.807, 2.05) is 5.43 Å². The molecule has 37 heavy (non-hydrogen) atoms. The summed E-state index contributed by atoms with van der Waals surface area (Å²) in [7, 11) is 0. The summed E-state index contributed by atoms with van der Waals surface area (Å²) >= 11 is 17.3. The van der Waals surface area contributed by atoms with E-state index in [0.29, 0.717) is 19.2 Å². The van der Waals surface area contributed by atoms with Crippen molar-refractivity contribution < 1.29 is 35.5 Å². The maximum atomic E-state index is 14.9. The molecular weight excluding hydrogens is 576 g/mol. The lowest BCUT2D eigenvalue weighted by Crippen LogP contribution is -2.49. The summed E-state index contributed by atoms with van der Waals surface area (Å²) in [5.74, 6) is -5.33. The number of carbonyl (C=O) groups is 1. The zero-order valence-corrected chi connectivity index (χ0v) is 20.6. The summed E-state index contributed by atoms with van der Waals surface area (Å²) < 4.78 is 97.2. The highest BCUT2D eigenvalue weighted by atomic mass is 35.5. The summed E-state index contributed by atoms with van der Waals surface area (Å²) in [6, 6.07) is 3.29. The van der Waals surface area contributed by atoms with Crippen LogP contribution in [0.15, 0.2) is 41.4 Å². The minimum Gasteiger partial charge on any atom is -0.355 e. The molecule has 1 aliphatic heterocycles. The monoisotopic (exact) mass is 590 g/mol. The third kappa shape index (κ3) is 7.20. The lowest BCUT2D eigenvalue weighted by Gasteiger charge is -2.19. The van der Waals surface area contributed by atoms with Gasteiger partial charge in [0, 0.05) is 18.7 Å². The van der Waals surface area contributed by atoms with Crippen LogP contribution in [0.5, 0.6) is 0 Å². The summed E-state index contributed by atoms with van der Waals surface area (Å²) in [6.45, 7) is 0.968. The Labute approximate surface area is 220 Å². The molecule has 0 radical (unpaired) electrons. The van der Waals surface area contributed by atoms with Crippen LogP contribution < -0.4 is 16.2 Å². The number of guanidine groups is 1. The largest absolute Gasteiger partial charge is 0.417 e. The van der Waals surface area contributed by atoms with Gasteiger partial charge in [-0.15, -0.1) is 0 Å². The van der Waals surface area contributed by atoms with Gasteiger partial charge in [0.2, 0.25) is 5.96 Å².